The first kappa shape index (κ1) is 16.9. The van der Waals surface area contributed by atoms with Crippen molar-refractivity contribution < 1.29 is 8.91 Å². The molecule has 5 nitrogen and oxygen atoms in total. The first-order valence-electron chi connectivity index (χ1n) is 8.44. The number of hydrogen-bond acceptors (Lipinski definition) is 5. The van der Waals surface area contributed by atoms with E-state index in [0.29, 0.717) is 17.9 Å². The molecular weight excluding hydrogens is 343 g/mol. The molecule has 0 bridgehead atoms. The maximum Gasteiger partial charge on any atom is 0.261 e. The average Bonchev–Trinajstić information content (AvgIpc) is 3.20. The molecule has 134 valence electrons. The van der Waals surface area contributed by atoms with E-state index in [1.165, 1.54) is 6.07 Å². The highest BCUT2D eigenvalue weighted by atomic mass is 19.1. The van der Waals surface area contributed by atoms with Gasteiger partial charge in [-0.1, -0.05) is 65.8 Å². The summed E-state index contributed by atoms with van der Waals surface area (Å²) in [6.45, 7) is 0.451. The molecule has 4 rings (SSSR count). The van der Waals surface area contributed by atoms with E-state index < -0.39 is 5.82 Å². The van der Waals surface area contributed by atoms with Crippen molar-refractivity contribution in [1.29, 1.82) is 0 Å². The SMILES string of the molecule is NCc1ccc(-c2noc(-c3c(-c4ccccc4)ccc(N)c3F)n2)cc1. The highest BCUT2D eigenvalue weighted by molar-refractivity contribution is 5.83. The molecule has 4 N–H and O–H groups in total. The Bertz CT molecular complexity index is 1080. The first-order valence-corrected chi connectivity index (χ1v) is 8.44. The molecule has 0 fully saturated rings. The van der Waals surface area contributed by atoms with E-state index in [9.17, 15) is 4.39 Å². The van der Waals surface area contributed by atoms with Crippen LogP contribution in [0.1, 0.15) is 5.56 Å². The topological polar surface area (TPSA) is 91.0 Å². The van der Waals surface area contributed by atoms with Crippen molar-refractivity contribution in [2.75, 3.05) is 5.73 Å². The molecule has 0 unspecified atom stereocenters. The molecular formula is C21H17FN4O. The predicted molar refractivity (Wildman–Crippen MR) is 103 cm³/mol. The molecule has 1 aromatic heterocycles. The van der Waals surface area contributed by atoms with Crippen molar-refractivity contribution in [2.45, 2.75) is 6.54 Å². The van der Waals surface area contributed by atoms with Gasteiger partial charge in [-0.25, -0.2) is 4.39 Å². The van der Waals surface area contributed by atoms with Crippen LogP contribution in [0.25, 0.3) is 34.0 Å². The van der Waals surface area contributed by atoms with Crippen LogP contribution in [0.5, 0.6) is 0 Å². The Morgan fingerprint density at radius 3 is 2.33 bits per heavy atom. The van der Waals surface area contributed by atoms with Crippen LogP contribution in [0.3, 0.4) is 0 Å². The van der Waals surface area contributed by atoms with Crippen LogP contribution in [-0.2, 0) is 6.54 Å². The van der Waals surface area contributed by atoms with E-state index >= 15 is 0 Å². The Morgan fingerprint density at radius 2 is 1.63 bits per heavy atom. The van der Waals surface area contributed by atoms with Crippen LogP contribution in [-0.4, -0.2) is 10.1 Å². The Labute approximate surface area is 155 Å². The lowest BCUT2D eigenvalue weighted by Crippen LogP contribution is -1.97. The summed E-state index contributed by atoms with van der Waals surface area (Å²) in [6, 6.07) is 20.2. The molecule has 0 spiro atoms. The molecule has 0 aliphatic carbocycles. The quantitative estimate of drug-likeness (QED) is 0.531. The second-order valence-corrected chi connectivity index (χ2v) is 6.08. The number of rotatable bonds is 4. The smallest absolute Gasteiger partial charge is 0.261 e. The standard InChI is InChI=1S/C21H17FN4O/c22-19-17(24)11-10-16(14-4-2-1-3-5-14)18(19)21-25-20(26-27-21)15-8-6-13(12-23)7-9-15/h1-11H,12,23-24H2. The Kier molecular flexibility index (Phi) is 4.40. The van der Waals surface area contributed by atoms with E-state index in [1.54, 1.807) is 6.07 Å². The molecule has 3 aromatic carbocycles. The van der Waals surface area contributed by atoms with Gasteiger partial charge in [0.2, 0.25) is 5.82 Å². The lowest BCUT2D eigenvalue weighted by molar-refractivity contribution is 0.430. The van der Waals surface area contributed by atoms with Crippen LogP contribution in [0, 0.1) is 5.82 Å². The number of hydrogen-bond donors (Lipinski definition) is 2. The van der Waals surface area contributed by atoms with Gasteiger partial charge in [0, 0.05) is 12.1 Å². The summed E-state index contributed by atoms with van der Waals surface area (Å²) in [7, 11) is 0. The molecule has 0 aliphatic heterocycles. The van der Waals surface area contributed by atoms with Crippen LogP contribution < -0.4 is 11.5 Å². The minimum absolute atomic E-state index is 0.0247. The summed E-state index contributed by atoms with van der Waals surface area (Å²) in [5.74, 6) is -0.129. The van der Waals surface area contributed by atoms with Gasteiger partial charge in [-0.05, 0) is 22.8 Å². The minimum Gasteiger partial charge on any atom is -0.396 e. The van der Waals surface area contributed by atoms with E-state index in [0.717, 1.165) is 16.7 Å². The van der Waals surface area contributed by atoms with E-state index in [4.69, 9.17) is 16.0 Å². The zero-order valence-electron chi connectivity index (χ0n) is 14.4. The number of nitrogen functional groups attached to an aromatic ring is 1. The van der Waals surface area contributed by atoms with Gasteiger partial charge in [-0.3, -0.25) is 0 Å². The normalized spacial score (nSPS) is 10.9. The molecule has 0 radical (unpaired) electrons. The number of nitrogens with zero attached hydrogens (tertiary/aromatic N) is 2. The van der Waals surface area contributed by atoms with Crippen LogP contribution >= 0.6 is 0 Å². The van der Waals surface area contributed by atoms with Gasteiger partial charge in [-0.2, -0.15) is 4.98 Å². The third kappa shape index (κ3) is 3.18. The Hall–Kier alpha value is -3.51. The fourth-order valence-electron chi connectivity index (χ4n) is 2.89. The Morgan fingerprint density at radius 1 is 0.889 bits per heavy atom. The minimum atomic E-state index is -0.579. The van der Waals surface area contributed by atoms with Gasteiger partial charge in [-0.15, -0.1) is 0 Å². The van der Waals surface area contributed by atoms with Crippen molar-refractivity contribution in [3.63, 3.8) is 0 Å². The summed E-state index contributed by atoms with van der Waals surface area (Å²) in [4.78, 5) is 4.39. The van der Waals surface area contributed by atoms with Crippen molar-refractivity contribution in [2.24, 2.45) is 5.73 Å². The third-order valence-corrected chi connectivity index (χ3v) is 4.34. The molecule has 0 amide bonds. The fourth-order valence-corrected chi connectivity index (χ4v) is 2.89. The largest absolute Gasteiger partial charge is 0.396 e. The highest BCUT2D eigenvalue weighted by Gasteiger charge is 2.21. The molecule has 0 saturated carbocycles. The van der Waals surface area contributed by atoms with E-state index in [2.05, 4.69) is 10.1 Å². The van der Waals surface area contributed by atoms with Crippen molar-refractivity contribution in [3.05, 3.63) is 78.1 Å². The second kappa shape index (κ2) is 7.01. The number of aromatic nitrogens is 2. The molecule has 0 atom stereocenters. The predicted octanol–water partition coefficient (Wildman–Crippen LogP) is 4.25. The number of benzene rings is 3. The van der Waals surface area contributed by atoms with Crippen molar-refractivity contribution >= 4 is 5.69 Å². The maximum atomic E-state index is 14.9. The molecule has 0 saturated heterocycles. The summed E-state index contributed by atoms with van der Waals surface area (Å²) in [5, 5.41) is 4.00. The van der Waals surface area contributed by atoms with E-state index in [-0.39, 0.29) is 17.1 Å². The number of halogens is 1. The molecule has 4 aromatic rings. The maximum absolute atomic E-state index is 14.9. The molecule has 0 aliphatic rings. The van der Waals surface area contributed by atoms with Gasteiger partial charge in [0.15, 0.2) is 5.82 Å². The van der Waals surface area contributed by atoms with Gasteiger partial charge in [0.25, 0.3) is 5.89 Å². The van der Waals surface area contributed by atoms with Gasteiger partial charge >= 0.3 is 0 Å². The zero-order chi connectivity index (χ0) is 18.8. The Balaban J connectivity index is 1.82. The summed E-state index contributed by atoms with van der Waals surface area (Å²) < 4.78 is 20.3. The molecule has 27 heavy (non-hydrogen) atoms. The van der Waals surface area contributed by atoms with Crippen molar-refractivity contribution in [1.82, 2.24) is 10.1 Å². The fraction of sp³-hybridized carbons (Fsp3) is 0.0476. The lowest BCUT2D eigenvalue weighted by Gasteiger charge is -2.09. The number of nitrogens with two attached hydrogens (primary N) is 2. The van der Waals surface area contributed by atoms with Crippen LogP contribution in [0.15, 0.2) is 71.3 Å². The second-order valence-electron chi connectivity index (χ2n) is 6.08. The lowest BCUT2D eigenvalue weighted by atomic mass is 9.98. The first-order chi connectivity index (χ1) is 13.2. The average molecular weight is 360 g/mol. The third-order valence-electron chi connectivity index (χ3n) is 4.34. The highest BCUT2D eigenvalue weighted by Crippen LogP contribution is 2.36. The van der Waals surface area contributed by atoms with Crippen LogP contribution in [0.4, 0.5) is 10.1 Å². The van der Waals surface area contributed by atoms with Gasteiger partial charge in [0.1, 0.15) is 0 Å². The van der Waals surface area contributed by atoms with Gasteiger partial charge in [0.05, 0.1) is 11.3 Å². The molecule has 1 heterocycles. The van der Waals surface area contributed by atoms with E-state index in [1.807, 2.05) is 54.6 Å². The zero-order valence-corrected chi connectivity index (χ0v) is 14.4. The summed E-state index contributed by atoms with van der Waals surface area (Å²) in [5.41, 5.74) is 14.8. The summed E-state index contributed by atoms with van der Waals surface area (Å²) in [6.07, 6.45) is 0. The monoisotopic (exact) mass is 360 g/mol. The molecule has 6 heteroatoms. The van der Waals surface area contributed by atoms with Crippen LogP contribution in [0.2, 0.25) is 0 Å². The summed E-state index contributed by atoms with van der Waals surface area (Å²) >= 11 is 0. The van der Waals surface area contributed by atoms with Crippen molar-refractivity contribution in [3.8, 4) is 34.0 Å². The van der Waals surface area contributed by atoms with Gasteiger partial charge < -0.3 is 16.0 Å². The number of anilines is 1.